The van der Waals surface area contributed by atoms with Crippen LogP contribution >= 0.6 is 11.8 Å². The molecule has 0 spiro atoms. The molecule has 17 heavy (non-hydrogen) atoms. The Morgan fingerprint density at radius 3 is 2.76 bits per heavy atom. The van der Waals surface area contributed by atoms with E-state index in [1.54, 1.807) is 11.7 Å². The zero-order valence-corrected chi connectivity index (χ0v) is 10.5. The molecule has 0 N–H and O–H groups in total. The van der Waals surface area contributed by atoms with Gasteiger partial charge in [0.15, 0.2) is 0 Å². The molecule has 0 fully saturated rings. The first-order chi connectivity index (χ1) is 8.11. The molecule has 86 valence electrons. The summed E-state index contributed by atoms with van der Waals surface area (Å²) in [4.78, 5) is 5.09. The Kier molecular flexibility index (Phi) is 3.06. The van der Waals surface area contributed by atoms with Gasteiger partial charge in [-0.1, -0.05) is 0 Å². The smallest absolute Gasteiger partial charge is 0.213 e. The van der Waals surface area contributed by atoms with E-state index in [4.69, 9.17) is 5.26 Å². The van der Waals surface area contributed by atoms with Crippen molar-refractivity contribution in [2.24, 2.45) is 7.05 Å². The number of pyridine rings is 1. The van der Waals surface area contributed by atoms with E-state index in [-0.39, 0.29) is 0 Å². The zero-order valence-electron chi connectivity index (χ0n) is 9.67. The number of nitriles is 1. The summed E-state index contributed by atoms with van der Waals surface area (Å²) in [6.45, 7) is 3.72. The van der Waals surface area contributed by atoms with Crippen LogP contribution < -0.4 is 0 Å². The molecule has 0 radical (unpaired) electrons. The Balaban J connectivity index is 2.46. The van der Waals surface area contributed by atoms with Gasteiger partial charge >= 0.3 is 0 Å². The number of hydrogen-bond acceptors (Lipinski definition) is 6. The van der Waals surface area contributed by atoms with Crippen LogP contribution in [0.2, 0.25) is 0 Å². The van der Waals surface area contributed by atoms with Crippen molar-refractivity contribution in [2.45, 2.75) is 23.9 Å². The standard InChI is InChI=1S/C10H10N6S/c1-6-4-9(8(5-11)7(2)12-6)17-10-13-14-15-16(10)3/h4H,1-3H3. The van der Waals surface area contributed by atoms with Gasteiger partial charge in [0, 0.05) is 17.6 Å². The van der Waals surface area contributed by atoms with Gasteiger partial charge in [-0.25, -0.2) is 4.68 Å². The fraction of sp³-hybridized carbons (Fsp3) is 0.300. The van der Waals surface area contributed by atoms with Crippen LogP contribution in [-0.2, 0) is 7.05 Å². The number of aromatic nitrogens is 5. The second kappa shape index (κ2) is 4.51. The third-order valence-electron chi connectivity index (χ3n) is 2.19. The van der Waals surface area contributed by atoms with Gasteiger partial charge in [-0.05, 0) is 42.1 Å². The summed E-state index contributed by atoms with van der Waals surface area (Å²) in [6.07, 6.45) is 0. The molecule has 0 saturated carbocycles. The summed E-state index contributed by atoms with van der Waals surface area (Å²) in [5, 5.41) is 21.0. The van der Waals surface area contributed by atoms with Crippen LogP contribution in [0, 0.1) is 25.2 Å². The van der Waals surface area contributed by atoms with E-state index in [2.05, 4.69) is 26.6 Å². The lowest BCUT2D eigenvalue weighted by atomic mass is 10.2. The molecule has 0 aliphatic rings. The average Bonchev–Trinajstić information content (AvgIpc) is 2.64. The molecule has 7 heteroatoms. The topological polar surface area (TPSA) is 80.3 Å². The maximum absolute atomic E-state index is 9.13. The second-order valence-corrected chi connectivity index (χ2v) is 4.53. The van der Waals surface area contributed by atoms with Crippen LogP contribution in [0.4, 0.5) is 0 Å². The van der Waals surface area contributed by atoms with Gasteiger partial charge in [-0.3, -0.25) is 4.98 Å². The third kappa shape index (κ3) is 2.26. The van der Waals surface area contributed by atoms with E-state index in [1.807, 2.05) is 19.9 Å². The van der Waals surface area contributed by atoms with Gasteiger partial charge in [0.25, 0.3) is 0 Å². The van der Waals surface area contributed by atoms with Gasteiger partial charge in [0.1, 0.15) is 6.07 Å². The highest BCUT2D eigenvalue weighted by Crippen LogP contribution is 2.29. The predicted octanol–water partition coefficient (Wildman–Crippen LogP) is 1.24. The molecule has 0 saturated heterocycles. The molecule has 2 heterocycles. The van der Waals surface area contributed by atoms with Gasteiger partial charge < -0.3 is 0 Å². The van der Waals surface area contributed by atoms with Gasteiger partial charge in [-0.15, -0.1) is 5.10 Å². The quantitative estimate of drug-likeness (QED) is 0.793. The summed E-state index contributed by atoms with van der Waals surface area (Å²) < 4.78 is 1.57. The lowest BCUT2D eigenvalue weighted by molar-refractivity contribution is 0.664. The average molecular weight is 246 g/mol. The van der Waals surface area contributed by atoms with Crippen LogP contribution in [0.25, 0.3) is 0 Å². The number of tetrazole rings is 1. The van der Waals surface area contributed by atoms with Crippen LogP contribution in [0.15, 0.2) is 16.1 Å². The largest absolute Gasteiger partial charge is 0.257 e. The molecule has 2 aromatic rings. The predicted molar refractivity (Wildman–Crippen MR) is 61.3 cm³/mol. The third-order valence-corrected chi connectivity index (χ3v) is 3.26. The van der Waals surface area contributed by atoms with Gasteiger partial charge in [-0.2, -0.15) is 5.26 Å². The van der Waals surface area contributed by atoms with Crippen LogP contribution in [0.1, 0.15) is 17.0 Å². The van der Waals surface area contributed by atoms with Crippen molar-refractivity contribution in [3.05, 3.63) is 23.0 Å². The van der Waals surface area contributed by atoms with Crippen molar-refractivity contribution in [3.8, 4) is 6.07 Å². The van der Waals surface area contributed by atoms with Crippen molar-refractivity contribution in [1.29, 1.82) is 5.26 Å². The van der Waals surface area contributed by atoms with E-state index >= 15 is 0 Å². The Morgan fingerprint density at radius 2 is 2.18 bits per heavy atom. The molecule has 2 rings (SSSR count). The summed E-state index contributed by atoms with van der Waals surface area (Å²) in [6, 6.07) is 4.03. The number of nitrogens with zero attached hydrogens (tertiary/aromatic N) is 6. The minimum atomic E-state index is 0.573. The molecule has 6 nitrogen and oxygen atoms in total. The molecule has 0 atom stereocenters. The number of hydrogen-bond donors (Lipinski definition) is 0. The summed E-state index contributed by atoms with van der Waals surface area (Å²) >= 11 is 1.36. The minimum absolute atomic E-state index is 0.573. The lowest BCUT2D eigenvalue weighted by Crippen LogP contribution is -1.97. The normalized spacial score (nSPS) is 10.2. The molecule has 0 aliphatic heterocycles. The molecular weight excluding hydrogens is 236 g/mol. The minimum Gasteiger partial charge on any atom is -0.257 e. The fourth-order valence-electron chi connectivity index (χ4n) is 1.42. The van der Waals surface area contributed by atoms with E-state index in [9.17, 15) is 0 Å². The lowest BCUT2D eigenvalue weighted by Gasteiger charge is -2.06. The monoisotopic (exact) mass is 246 g/mol. The Labute approximate surface area is 103 Å². The molecule has 2 aromatic heterocycles. The number of rotatable bonds is 2. The van der Waals surface area contributed by atoms with Crippen molar-refractivity contribution in [2.75, 3.05) is 0 Å². The first-order valence-electron chi connectivity index (χ1n) is 4.90. The van der Waals surface area contributed by atoms with Crippen LogP contribution in [0.3, 0.4) is 0 Å². The first-order valence-corrected chi connectivity index (χ1v) is 5.72. The van der Waals surface area contributed by atoms with E-state index in [1.165, 1.54) is 11.8 Å². The van der Waals surface area contributed by atoms with E-state index < -0.39 is 0 Å². The Morgan fingerprint density at radius 1 is 1.41 bits per heavy atom. The Hall–Kier alpha value is -1.94. The number of aryl methyl sites for hydroxylation is 3. The maximum atomic E-state index is 9.13. The molecular formula is C10H10N6S. The highest BCUT2D eigenvalue weighted by atomic mass is 32.2. The molecule has 0 amide bonds. The van der Waals surface area contributed by atoms with Gasteiger partial charge in [0.2, 0.25) is 5.16 Å². The van der Waals surface area contributed by atoms with Gasteiger partial charge in [0.05, 0.1) is 11.3 Å². The van der Waals surface area contributed by atoms with Crippen molar-refractivity contribution in [3.63, 3.8) is 0 Å². The van der Waals surface area contributed by atoms with E-state index in [0.717, 1.165) is 16.3 Å². The SMILES string of the molecule is Cc1cc(Sc2nnnn2C)c(C#N)c(C)n1. The van der Waals surface area contributed by atoms with Crippen molar-refractivity contribution < 1.29 is 0 Å². The van der Waals surface area contributed by atoms with Crippen molar-refractivity contribution in [1.82, 2.24) is 25.2 Å². The molecule has 0 bridgehead atoms. The first kappa shape index (κ1) is 11.5. The summed E-state index contributed by atoms with van der Waals surface area (Å²) in [5.74, 6) is 0. The highest BCUT2D eigenvalue weighted by Gasteiger charge is 2.12. The van der Waals surface area contributed by atoms with Crippen LogP contribution in [0.5, 0.6) is 0 Å². The molecule has 0 aromatic carbocycles. The highest BCUT2D eigenvalue weighted by molar-refractivity contribution is 7.99. The zero-order chi connectivity index (χ0) is 12.4. The van der Waals surface area contributed by atoms with Crippen molar-refractivity contribution >= 4 is 11.8 Å². The van der Waals surface area contributed by atoms with Crippen LogP contribution in [-0.4, -0.2) is 25.2 Å². The molecule has 0 unspecified atom stereocenters. The summed E-state index contributed by atoms with van der Waals surface area (Å²) in [5.41, 5.74) is 2.17. The molecule has 0 aliphatic carbocycles. The Bertz CT molecular complexity index is 597. The second-order valence-electron chi connectivity index (χ2n) is 3.52. The maximum Gasteiger partial charge on any atom is 0.213 e. The van der Waals surface area contributed by atoms with E-state index in [0.29, 0.717) is 10.7 Å². The fourth-order valence-corrected chi connectivity index (χ4v) is 2.38. The summed E-state index contributed by atoms with van der Waals surface area (Å²) in [7, 11) is 1.76.